The number of carbonyl (C=O) groups excluding carboxylic acids is 1. The maximum Gasteiger partial charge on any atom is 0.128 e. The first-order valence-electron chi connectivity index (χ1n) is 3.96. The van der Waals surface area contributed by atoms with E-state index in [-0.39, 0.29) is 17.2 Å². The van der Waals surface area contributed by atoms with E-state index in [0.29, 0.717) is 16.7 Å². The standard InChI is InChI=1S/C9H12O3.CH2O/c1-4-7(10)5(2)9(12)6(3)8(4)11;1-2/h10-12H,1-3H3;1H2. The van der Waals surface area contributed by atoms with Crippen LogP contribution in [0.5, 0.6) is 17.2 Å². The second-order valence-corrected chi connectivity index (χ2v) is 2.92. The van der Waals surface area contributed by atoms with Crippen molar-refractivity contribution < 1.29 is 20.1 Å². The molecule has 0 heterocycles. The van der Waals surface area contributed by atoms with Crippen molar-refractivity contribution in [1.29, 1.82) is 0 Å². The van der Waals surface area contributed by atoms with Crippen LogP contribution in [-0.4, -0.2) is 22.1 Å². The zero-order valence-electron chi connectivity index (χ0n) is 8.46. The van der Waals surface area contributed by atoms with Gasteiger partial charge in [-0.2, -0.15) is 0 Å². The van der Waals surface area contributed by atoms with Crippen molar-refractivity contribution in [2.45, 2.75) is 20.8 Å². The van der Waals surface area contributed by atoms with Gasteiger partial charge in [-0.3, -0.25) is 0 Å². The van der Waals surface area contributed by atoms with Crippen LogP contribution in [-0.2, 0) is 4.79 Å². The molecule has 0 bridgehead atoms. The number of benzene rings is 1. The van der Waals surface area contributed by atoms with E-state index >= 15 is 0 Å². The molecule has 0 aliphatic rings. The third kappa shape index (κ3) is 1.79. The van der Waals surface area contributed by atoms with Crippen molar-refractivity contribution in [1.82, 2.24) is 0 Å². The fourth-order valence-corrected chi connectivity index (χ4v) is 1.18. The molecule has 0 saturated carbocycles. The molecule has 0 spiro atoms. The summed E-state index contributed by atoms with van der Waals surface area (Å²) in [6.45, 7) is 6.80. The number of hydrogen-bond donors (Lipinski definition) is 3. The first-order chi connectivity index (χ1) is 6.46. The van der Waals surface area contributed by atoms with Crippen LogP contribution in [0.15, 0.2) is 0 Å². The molecule has 1 aromatic rings. The van der Waals surface area contributed by atoms with Gasteiger partial charge >= 0.3 is 0 Å². The van der Waals surface area contributed by atoms with Gasteiger partial charge in [-0.05, 0) is 20.8 Å². The van der Waals surface area contributed by atoms with Crippen LogP contribution in [0.25, 0.3) is 0 Å². The van der Waals surface area contributed by atoms with E-state index in [1.807, 2.05) is 6.79 Å². The Labute approximate surface area is 82.4 Å². The highest BCUT2D eigenvalue weighted by Gasteiger charge is 2.14. The summed E-state index contributed by atoms with van der Waals surface area (Å²) in [7, 11) is 0. The first kappa shape index (κ1) is 12.3. The molecule has 1 rings (SSSR count). The van der Waals surface area contributed by atoms with Gasteiger partial charge in [0.25, 0.3) is 0 Å². The number of rotatable bonds is 0. The molecule has 78 valence electrons. The predicted molar refractivity (Wildman–Crippen MR) is 52.8 cm³/mol. The topological polar surface area (TPSA) is 77.8 Å². The fraction of sp³-hybridized carbons (Fsp3) is 0.300. The highest BCUT2D eigenvalue weighted by Crippen LogP contribution is 2.39. The Morgan fingerprint density at radius 2 is 0.857 bits per heavy atom. The maximum absolute atomic E-state index is 9.37. The van der Waals surface area contributed by atoms with Gasteiger partial charge in [-0.15, -0.1) is 0 Å². The Kier molecular flexibility index (Phi) is 3.95. The lowest BCUT2D eigenvalue weighted by Gasteiger charge is -2.10. The smallest absolute Gasteiger partial charge is 0.128 e. The number of carbonyl (C=O) groups is 1. The molecule has 14 heavy (non-hydrogen) atoms. The normalized spacial score (nSPS) is 9.07. The molecule has 0 aliphatic heterocycles. The summed E-state index contributed by atoms with van der Waals surface area (Å²) in [6.07, 6.45) is 0. The summed E-state index contributed by atoms with van der Waals surface area (Å²) >= 11 is 0. The average molecular weight is 198 g/mol. The summed E-state index contributed by atoms with van der Waals surface area (Å²) in [5, 5.41) is 28.1. The molecule has 0 aromatic heterocycles. The second kappa shape index (κ2) is 4.50. The van der Waals surface area contributed by atoms with Gasteiger partial charge in [0.15, 0.2) is 0 Å². The van der Waals surface area contributed by atoms with Crippen molar-refractivity contribution in [2.24, 2.45) is 0 Å². The lowest BCUT2D eigenvalue weighted by atomic mass is 10.0. The van der Waals surface area contributed by atoms with Gasteiger partial charge in [0, 0.05) is 16.7 Å². The molecule has 0 aliphatic carbocycles. The average Bonchev–Trinajstić information content (AvgIpc) is 2.24. The zero-order chi connectivity index (χ0) is 11.5. The molecule has 3 N–H and O–H groups in total. The Balaban J connectivity index is 0.000000791. The Bertz CT molecular complexity index is 239. The Morgan fingerprint density at radius 3 is 1.00 bits per heavy atom. The monoisotopic (exact) mass is 198 g/mol. The van der Waals surface area contributed by atoms with E-state index in [4.69, 9.17) is 4.79 Å². The summed E-state index contributed by atoms with van der Waals surface area (Å²) in [5.74, 6) is -0.137. The van der Waals surface area contributed by atoms with E-state index in [2.05, 4.69) is 0 Å². The van der Waals surface area contributed by atoms with Crippen LogP contribution in [0.4, 0.5) is 0 Å². The minimum absolute atomic E-state index is 0.0457. The van der Waals surface area contributed by atoms with Crippen molar-refractivity contribution in [2.75, 3.05) is 0 Å². The molecule has 0 saturated heterocycles. The molecule has 0 amide bonds. The largest absolute Gasteiger partial charge is 0.507 e. The van der Waals surface area contributed by atoms with Crippen LogP contribution in [0.1, 0.15) is 16.7 Å². The molecule has 0 fully saturated rings. The lowest BCUT2D eigenvalue weighted by molar-refractivity contribution is -0.0979. The quantitative estimate of drug-likeness (QED) is 0.591. The molecule has 1 aromatic carbocycles. The molecule has 0 unspecified atom stereocenters. The van der Waals surface area contributed by atoms with E-state index < -0.39 is 0 Å². The van der Waals surface area contributed by atoms with Gasteiger partial charge in [-0.1, -0.05) is 0 Å². The Hall–Kier alpha value is -1.71. The molecule has 0 radical (unpaired) electrons. The van der Waals surface area contributed by atoms with Gasteiger partial charge in [0.1, 0.15) is 24.0 Å². The van der Waals surface area contributed by atoms with Crippen molar-refractivity contribution in [3.8, 4) is 17.2 Å². The molecule has 4 nitrogen and oxygen atoms in total. The van der Waals surface area contributed by atoms with Crippen LogP contribution in [0.2, 0.25) is 0 Å². The van der Waals surface area contributed by atoms with Crippen LogP contribution < -0.4 is 0 Å². The van der Waals surface area contributed by atoms with E-state index in [0.717, 1.165) is 0 Å². The van der Waals surface area contributed by atoms with E-state index in [1.54, 1.807) is 20.8 Å². The van der Waals surface area contributed by atoms with Crippen LogP contribution in [0, 0.1) is 20.8 Å². The Morgan fingerprint density at radius 1 is 0.714 bits per heavy atom. The third-order valence-corrected chi connectivity index (χ3v) is 2.13. The first-order valence-corrected chi connectivity index (χ1v) is 3.96. The van der Waals surface area contributed by atoms with Gasteiger partial charge in [-0.25, -0.2) is 0 Å². The number of phenolic OH excluding ortho intramolecular Hbond substituents is 3. The van der Waals surface area contributed by atoms with Crippen molar-refractivity contribution in [3.05, 3.63) is 16.7 Å². The molecule has 4 heteroatoms. The van der Waals surface area contributed by atoms with Crippen molar-refractivity contribution in [3.63, 3.8) is 0 Å². The highest BCUT2D eigenvalue weighted by atomic mass is 16.3. The zero-order valence-corrected chi connectivity index (χ0v) is 8.46. The maximum atomic E-state index is 9.37. The summed E-state index contributed by atoms with van der Waals surface area (Å²) in [5.41, 5.74) is 1.22. The van der Waals surface area contributed by atoms with Crippen LogP contribution in [0.3, 0.4) is 0 Å². The minimum Gasteiger partial charge on any atom is -0.507 e. The van der Waals surface area contributed by atoms with Gasteiger partial charge < -0.3 is 20.1 Å². The van der Waals surface area contributed by atoms with E-state index in [9.17, 15) is 15.3 Å². The molecular formula is C10H14O4. The fourth-order valence-electron chi connectivity index (χ4n) is 1.18. The van der Waals surface area contributed by atoms with Crippen molar-refractivity contribution >= 4 is 6.79 Å². The minimum atomic E-state index is -0.0457. The highest BCUT2D eigenvalue weighted by molar-refractivity contribution is 5.59. The van der Waals surface area contributed by atoms with E-state index in [1.165, 1.54) is 0 Å². The lowest BCUT2D eigenvalue weighted by Crippen LogP contribution is -1.87. The predicted octanol–water partition coefficient (Wildman–Crippen LogP) is 1.54. The van der Waals surface area contributed by atoms with Gasteiger partial charge in [0.05, 0.1) is 0 Å². The summed E-state index contributed by atoms with van der Waals surface area (Å²) in [4.78, 5) is 8.00. The number of phenols is 3. The molecular weight excluding hydrogens is 184 g/mol. The number of aromatic hydroxyl groups is 3. The molecule has 0 atom stereocenters. The third-order valence-electron chi connectivity index (χ3n) is 2.13. The number of hydrogen-bond acceptors (Lipinski definition) is 4. The summed E-state index contributed by atoms with van der Waals surface area (Å²) in [6, 6.07) is 0. The summed E-state index contributed by atoms with van der Waals surface area (Å²) < 4.78 is 0. The SMILES string of the molecule is C=O.Cc1c(O)c(C)c(O)c(C)c1O. The van der Waals surface area contributed by atoms with Gasteiger partial charge in [0.2, 0.25) is 0 Å². The second-order valence-electron chi connectivity index (χ2n) is 2.92. The van der Waals surface area contributed by atoms with Crippen LogP contribution >= 0.6 is 0 Å².